The van der Waals surface area contributed by atoms with E-state index in [2.05, 4.69) is 27.6 Å². The Morgan fingerprint density at radius 1 is 1.17 bits per heavy atom. The maximum absolute atomic E-state index is 12.9. The minimum atomic E-state index is -0.0750. The fourth-order valence-corrected chi connectivity index (χ4v) is 4.37. The smallest absolute Gasteiger partial charge is 0.272 e. The van der Waals surface area contributed by atoms with Crippen LogP contribution in [0.15, 0.2) is 61.7 Å². The lowest BCUT2D eigenvalue weighted by molar-refractivity contribution is 0.0740. The molecule has 1 amide bonds. The Hall–Kier alpha value is -4.71. The zero-order valence-corrected chi connectivity index (χ0v) is 20.0. The standard InChI is InChI=1S/C27H25N7O2/c1-3-19-7-8-29-24(13-19)27(35)33-11-9-32(10-12-33)25-6-5-20(16-30-25)23-14-22(36-4-2)18-34-26(23)21(15-28)17-31-34/h3,5-8,13-14,16-18H,1,4,9-12H2,2H3. The third kappa shape index (κ3) is 4.36. The Kier molecular flexibility index (Phi) is 6.33. The Bertz CT molecular complexity index is 1460. The number of anilines is 1. The SMILES string of the molecule is C=Cc1ccnc(C(=O)N2CCN(c3ccc(-c4cc(OCC)cn5ncc(C#N)c45)cn3)CC2)c1. The van der Waals surface area contributed by atoms with Crippen molar-refractivity contribution in [3.63, 3.8) is 0 Å². The first-order valence-electron chi connectivity index (χ1n) is 11.7. The van der Waals surface area contributed by atoms with Gasteiger partial charge in [-0.1, -0.05) is 12.7 Å². The van der Waals surface area contributed by atoms with Gasteiger partial charge in [0.15, 0.2) is 0 Å². The highest BCUT2D eigenvalue weighted by Crippen LogP contribution is 2.31. The van der Waals surface area contributed by atoms with Gasteiger partial charge in [0.05, 0.1) is 30.1 Å². The molecule has 0 bridgehead atoms. The number of ether oxygens (including phenoxy) is 1. The van der Waals surface area contributed by atoms with Gasteiger partial charge in [0.2, 0.25) is 0 Å². The highest BCUT2D eigenvalue weighted by molar-refractivity contribution is 5.93. The minimum Gasteiger partial charge on any atom is -0.492 e. The highest BCUT2D eigenvalue weighted by Gasteiger charge is 2.24. The molecule has 5 rings (SSSR count). The van der Waals surface area contributed by atoms with Crippen molar-refractivity contribution in [1.29, 1.82) is 5.26 Å². The molecule has 5 heterocycles. The summed E-state index contributed by atoms with van der Waals surface area (Å²) in [5.41, 5.74) is 4.21. The van der Waals surface area contributed by atoms with Gasteiger partial charge in [0.25, 0.3) is 5.91 Å². The van der Waals surface area contributed by atoms with Crippen LogP contribution < -0.4 is 9.64 Å². The molecule has 0 atom stereocenters. The molecule has 1 saturated heterocycles. The van der Waals surface area contributed by atoms with Gasteiger partial charge in [-0.05, 0) is 42.8 Å². The van der Waals surface area contributed by atoms with Crippen LogP contribution in [0.1, 0.15) is 28.5 Å². The summed E-state index contributed by atoms with van der Waals surface area (Å²) in [6, 6.07) is 11.7. The van der Waals surface area contributed by atoms with Crippen LogP contribution in [0.2, 0.25) is 0 Å². The molecule has 9 heteroatoms. The van der Waals surface area contributed by atoms with Gasteiger partial charge in [-0.2, -0.15) is 10.4 Å². The van der Waals surface area contributed by atoms with Crippen LogP contribution in [-0.4, -0.2) is 63.2 Å². The number of piperazine rings is 1. The van der Waals surface area contributed by atoms with E-state index in [-0.39, 0.29) is 5.91 Å². The Labute approximate surface area is 208 Å². The number of rotatable bonds is 6. The fourth-order valence-electron chi connectivity index (χ4n) is 4.37. The van der Waals surface area contributed by atoms with Gasteiger partial charge in [-0.3, -0.25) is 9.78 Å². The van der Waals surface area contributed by atoms with Crippen LogP contribution in [-0.2, 0) is 0 Å². The van der Waals surface area contributed by atoms with E-state index in [1.165, 1.54) is 0 Å². The van der Waals surface area contributed by atoms with Gasteiger partial charge in [-0.15, -0.1) is 0 Å². The van der Waals surface area contributed by atoms with Crippen molar-refractivity contribution in [3.05, 3.63) is 78.5 Å². The van der Waals surface area contributed by atoms with Gasteiger partial charge < -0.3 is 14.5 Å². The summed E-state index contributed by atoms with van der Waals surface area (Å²) in [6.45, 7) is 8.71. The Morgan fingerprint density at radius 3 is 2.69 bits per heavy atom. The monoisotopic (exact) mass is 479 g/mol. The van der Waals surface area contributed by atoms with Crippen molar-refractivity contribution in [1.82, 2.24) is 24.5 Å². The molecule has 0 unspecified atom stereocenters. The second-order valence-corrected chi connectivity index (χ2v) is 8.35. The van der Waals surface area contributed by atoms with E-state index in [1.54, 1.807) is 41.4 Å². The lowest BCUT2D eigenvalue weighted by Gasteiger charge is -2.35. The molecule has 1 fully saturated rings. The van der Waals surface area contributed by atoms with Gasteiger partial charge in [0, 0.05) is 49.7 Å². The maximum atomic E-state index is 12.9. The van der Waals surface area contributed by atoms with Crippen LogP contribution in [0.5, 0.6) is 5.75 Å². The van der Waals surface area contributed by atoms with Gasteiger partial charge in [0.1, 0.15) is 23.3 Å². The zero-order chi connectivity index (χ0) is 25.1. The van der Waals surface area contributed by atoms with Crippen LogP contribution in [0.25, 0.3) is 22.7 Å². The molecule has 36 heavy (non-hydrogen) atoms. The second-order valence-electron chi connectivity index (χ2n) is 8.35. The van der Waals surface area contributed by atoms with Gasteiger partial charge >= 0.3 is 0 Å². The minimum absolute atomic E-state index is 0.0750. The maximum Gasteiger partial charge on any atom is 0.272 e. The third-order valence-electron chi connectivity index (χ3n) is 6.21. The number of hydrogen-bond donors (Lipinski definition) is 0. The van der Waals surface area contributed by atoms with E-state index in [4.69, 9.17) is 9.72 Å². The van der Waals surface area contributed by atoms with E-state index in [9.17, 15) is 10.1 Å². The molecule has 0 aromatic carbocycles. The number of fused-ring (bicyclic) bond motifs is 1. The molecule has 0 N–H and O–H groups in total. The predicted molar refractivity (Wildman–Crippen MR) is 137 cm³/mol. The predicted octanol–water partition coefficient (Wildman–Crippen LogP) is 3.67. The largest absolute Gasteiger partial charge is 0.492 e. The van der Waals surface area contributed by atoms with Crippen molar-refractivity contribution in [2.45, 2.75) is 6.92 Å². The summed E-state index contributed by atoms with van der Waals surface area (Å²) in [4.78, 5) is 25.8. The van der Waals surface area contributed by atoms with E-state index >= 15 is 0 Å². The summed E-state index contributed by atoms with van der Waals surface area (Å²) in [7, 11) is 0. The molecule has 0 saturated carbocycles. The van der Waals surface area contributed by atoms with Crippen molar-refractivity contribution in [3.8, 4) is 22.9 Å². The van der Waals surface area contributed by atoms with E-state index in [0.717, 1.165) is 28.0 Å². The third-order valence-corrected chi connectivity index (χ3v) is 6.21. The molecule has 180 valence electrons. The first-order chi connectivity index (χ1) is 17.6. The normalized spacial score (nSPS) is 13.4. The molecule has 0 spiro atoms. The quantitative estimate of drug-likeness (QED) is 0.416. The number of nitriles is 1. The molecule has 4 aromatic heterocycles. The number of aromatic nitrogens is 4. The first-order valence-corrected chi connectivity index (χ1v) is 11.7. The van der Waals surface area contributed by atoms with Crippen molar-refractivity contribution in [2.75, 3.05) is 37.7 Å². The number of carbonyl (C=O) groups excluding carboxylic acids is 1. The number of nitrogens with zero attached hydrogens (tertiary/aromatic N) is 7. The number of hydrogen-bond acceptors (Lipinski definition) is 7. The topological polar surface area (TPSA) is 99.6 Å². The summed E-state index contributed by atoms with van der Waals surface area (Å²) in [5.74, 6) is 1.43. The lowest BCUT2D eigenvalue weighted by atomic mass is 10.1. The van der Waals surface area contributed by atoms with Crippen LogP contribution in [0, 0.1) is 11.3 Å². The van der Waals surface area contributed by atoms with Crippen molar-refractivity contribution in [2.24, 2.45) is 0 Å². The lowest BCUT2D eigenvalue weighted by Crippen LogP contribution is -2.49. The summed E-state index contributed by atoms with van der Waals surface area (Å²) in [6.07, 6.45) is 8.47. The number of pyridine rings is 3. The molecule has 0 aliphatic carbocycles. The highest BCUT2D eigenvalue weighted by atomic mass is 16.5. The van der Waals surface area contributed by atoms with Crippen molar-refractivity contribution < 1.29 is 9.53 Å². The molecular formula is C27H25N7O2. The molecule has 4 aromatic rings. The molecule has 0 radical (unpaired) electrons. The summed E-state index contributed by atoms with van der Waals surface area (Å²) < 4.78 is 7.37. The second kappa shape index (κ2) is 9.88. The van der Waals surface area contributed by atoms with Crippen LogP contribution >= 0.6 is 0 Å². The van der Waals surface area contributed by atoms with Crippen LogP contribution in [0.3, 0.4) is 0 Å². The Morgan fingerprint density at radius 2 is 2.00 bits per heavy atom. The van der Waals surface area contributed by atoms with Crippen LogP contribution in [0.4, 0.5) is 5.82 Å². The number of amides is 1. The first kappa shape index (κ1) is 23.1. The molecular weight excluding hydrogens is 454 g/mol. The Balaban J connectivity index is 1.33. The summed E-state index contributed by atoms with van der Waals surface area (Å²) >= 11 is 0. The zero-order valence-electron chi connectivity index (χ0n) is 20.0. The number of carbonyl (C=O) groups is 1. The van der Waals surface area contributed by atoms with E-state index < -0.39 is 0 Å². The molecule has 1 aliphatic heterocycles. The molecule has 9 nitrogen and oxygen atoms in total. The summed E-state index contributed by atoms with van der Waals surface area (Å²) in [5, 5.41) is 13.9. The average molecular weight is 480 g/mol. The van der Waals surface area contributed by atoms with E-state index in [0.29, 0.717) is 49.8 Å². The average Bonchev–Trinajstić information content (AvgIpc) is 3.36. The van der Waals surface area contributed by atoms with Crippen molar-refractivity contribution >= 4 is 23.3 Å². The van der Waals surface area contributed by atoms with Gasteiger partial charge in [-0.25, -0.2) is 9.50 Å². The molecule has 1 aliphatic rings. The fraction of sp³-hybridized carbons (Fsp3) is 0.222. The van der Waals surface area contributed by atoms with E-state index in [1.807, 2.05) is 36.1 Å².